The van der Waals surface area contributed by atoms with Gasteiger partial charge in [-0.25, -0.2) is 0 Å². The molecule has 0 saturated carbocycles. The van der Waals surface area contributed by atoms with E-state index in [-0.39, 0.29) is 17.4 Å². The van der Waals surface area contributed by atoms with Gasteiger partial charge in [-0.2, -0.15) is 5.26 Å². The van der Waals surface area contributed by atoms with E-state index in [0.717, 1.165) is 0 Å². The minimum Gasteiger partial charge on any atom is -0.381 e. The second kappa shape index (κ2) is 6.23. The summed E-state index contributed by atoms with van der Waals surface area (Å²) in [5.41, 5.74) is -1.43. The lowest BCUT2D eigenvalue weighted by Crippen LogP contribution is -2.54. The molecule has 0 spiro atoms. The normalized spacial score (nSPS) is 19.6. The highest BCUT2D eigenvalue weighted by Crippen LogP contribution is 2.29. The molecule has 6 heteroatoms. The Labute approximate surface area is 119 Å². The molecule has 1 fully saturated rings. The molecule has 0 aromatic heterocycles. The average molecular weight is 281 g/mol. The summed E-state index contributed by atoms with van der Waals surface area (Å²) in [6, 6.07) is 1.41. The van der Waals surface area contributed by atoms with Crippen molar-refractivity contribution in [3.63, 3.8) is 0 Å². The molecule has 112 valence electrons. The number of carbonyl (C=O) groups excluding carboxylic acids is 2. The lowest BCUT2D eigenvalue weighted by Gasteiger charge is -2.31. The van der Waals surface area contributed by atoms with Gasteiger partial charge in [-0.1, -0.05) is 0 Å². The molecule has 1 rings (SSSR count). The average Bonchev–Trinajstić information content (AvgIpc) is 2.37. The highest BCUT2D eigenvalue weighted by molar-refractivity contribution is 5.91. The molecule has 2 amide bonds. The molecule has 20 heavy (non-hydrogen) atoms. The Hall–Kier alpha value is -1.61. The first kappa shape index (κ1) is 16.4. The van der Waals surface area contributed by atoms with Gasteiger partial charge in [0.25, 0.3) is 0 Å². The quantitative estimate of drug-likeness (QED) is 0.797. The van der Waals surface area contributed by atoms with E-state index in [4.69, 9.17) is 4.74 Å². The van der Waals surface area contributed by atoms with Crippen molar-refractivity contribution in [3.8, 4) is 6.07 Å². The zero-order valence-corrected chi connectivity index (χ0v) is 12.6. The van der Waals surface area contributed by atoms with Crippen molar-refractivity contribution in [1.29, 1.82) is 5.26 Å². The topological polar surface area (TPSA) is 91.2 Å². The second-order valence-electron chi connectivity index (χ2n) is 6.24. The van der Waals surface area contributed by atoms with E-state index in [9.17, 15) is 14.9 Å². The minimum absolute atomic E-state index is 0.258. The van der Waals surface area contributed by atoms with E-state index in [1.54, 1.807) is 6.92 Å². The summed E-state index contributed by atoms with van der Waals surface area (Å²) in [4.78, 5) is 24.2. The summed E-state index contributed by atoms with van der Waals surface area (Å²) in [5.74, 6) is -0.647. The van der Waals surface area contributed by atoms with E-state index in [2.05, 4.69) is 16.7 Å². The molecule has 0 bridgehead atoms. The number of amides is 2. The second-order valence-corrected chi connectivity index (χ2v) is 6.24. The van der Waals surface area contributed by atoms with Crippen LogP contribution >= 0.6 is 0 Å². The third-order valence-electron chi connectivity index (χ3n) is 3.23. The molecule has 0 radical (unpaired) electrons. The van der Waals surface area contributed by atoms with Crippen molar-refractivity contribution < 1.29 is 14.3 Å². The fraction of sp³-hybridized carbons (Fsp3) is 0.786. The Kier molecular flexibility index (Phi) is 5.12. The van der Waals surface area contributed by atoms with Gasteiger partial charge in [0.05, 0.1) is 6.07 Å². The first-order valence-electron chi connectivity index (χ1n) is 6.82. The molecular formula is C14H23N3O3. The van der Waals surface area contributed by atoms with Gasteiger partial charge in [-0.15, -0.1) is 0 Å². The minimum atomic E-state index is -1.07. The summed E-state index contributed by atoms with van der Waals surface area (Å²) in [7, 11) is 0. The number of nitrogens with zero attached hydrogens (tertiary/aromatic N) is 1. The van der Waals surface area contributed by atoms with Crippen LogP contribution in [0.2, 0.25) is 0 Å². The van der Waals surface area contributed by atoms with E-state index < -0.39 is 11.5 Å². The largest absolute Gasteiger partial charge is 0.381 e. The molecule has 1 saturated heterocycles. The monoisotopic (exact) mass is 281 g/mol. The number of hydrogen-bond acceptors (Lipinski definition) is 4. The number of nitrogens with one attached hydrogen (secondary N) is 2. The molecular weight excluding hydrogens is 258 g/mol. The highest BCUT2D eigenvalue weighted by atomic mass is 16.5. The fourth-order valence-electron chi connectivity index (χ4n) is 1.99. The Bertz CT molecular complexity index is 414. The lowest BCUT2D eigenvalue weighted by atomic mass is 9.80. The van der Waals surface area contributed by atoms with Crippen LogP contribution in [0.3, 0.4) is 0 Å². The van der Waals surface area contributed by atoms with E-state index in [0.29, 0.717) is 26.1 Å². The zero-order valence-electron chi connectivity index (χ0n) is 12.6. The van der Waals surface area contributed by atoms with Crippen LogP contribution in [0.25, 0.3) is 0 Å². The summed E-state index contributed by atoms with van der Waals surface area (Å²) in [6.45, 7) is 8.01. The third-order valence-corrected chi connectivity index (χ3v) is 3.23. The van der Waals surface area contributed by atoms with Gasteiger partial charge in [-0.05, 0) is 40.5 Å². The number of ether oxygens (including phenoxy) is 1. The third kappa shape index (κ3) is 4.20. The zero-order chi connectivity index (χ0) is 15.4. The van der Waals surface area contributed by atoms with Gasteiger partial charge in [-0.3, -0.25) is 9.59 Å². The standard InChI is InChI=1S/C14H23N3O3/c1-10(11(18)17-13(2,3)4)16-12(19)14(9-15)5-7-20-8-6-14/h10H,5-8H2,1-4H3,(H,16,19)(H,17,18). The molecule has 1 heterocycles. The molecule has 0 aromatic carbocycles. The maximum atomic E-state index is 12.3. The van der Waals surface area contributed by atoms with Gasteiger partial charge < -0.3 is 15.4 Å². The number of carbonyl (C=O) groups is 2. The lowest BCUT2D eigenvalue weighted by molar-refractivity contribution is -0.136. The Morgan fingerprint density at radius 2 is 1.85 bits per heavy atom. The molecule has 0 aliphatic carbocycles. The van der Waals surface area contributed by atoms with Crippen LogP contribution in [0.15, 0.2) is 0 Å². The van der Waals surface area contributed by atoms with Crippen LogP contribution < -0.4 is 10.6 Å². The van der Waals surface area contributed by atoms with Gasteiger partial charge >= 0.3 is 0 Å². The number of hydrogen-bond donors (Lipinski definition) is 2. The maximum absolute atomic E-state index is 12.3. The molecule has 1 unspecified atom stereocenters. The molecule has 0 aromatic rings. The summed E-state index contributed by atoms with van der Waals surface area (Å²) in [5, 5.41) is 14.7. The Balaban J connectivity index is 2.65. The van der Waals surface area contributed by atoms with Crippen LogP contribution in [-0.4, -0.2) is 36.6 Å². The Morgan fingerprint density at radius 1 is 1.30 bits per heavy atom. The van der Waals surface area contributed by atoms with Crippen LogP contribution in [0, 0.1) is 16.7 Å². The predicted octanol–water partition coefficient (Wildman–Crippen LogP) is 0.726. The first-order valence-corrected chi connectivity index (χ1v) is 6.82. The fourth-order valence-corrected chi connectivity index (χ4v) is 1.99. The van der Waals surface area contributed by atoms with Gasteiger partial charge in [0.1, 0.15) is 11.5 Å². The van der Waals surface area contributed by atoms with Crippen LogP contribution in [0.4, 0.5) is 0 Å². The van der Waals surface area contributed by atoms with Crippen molar-refractivity contribution in [3.05, 3.63) is 0 Å². The van der Waals surface area contributed by atoms with Crippen molar-refractivity contribution in [2.75, 3.05) is 13.2 Å². The molecule has 1 aliphatic rings. The smallest absolute Gasteiger partial charge is 0.242 e. The number of nitriles is 1. The van der Waals surface area contributed by atoms with E-state index >= 15 is 0 Å². The number of rotatable bonds is 3. The van der Waals surface area contributed by atoms with Crippen molar-refractivity contribution >= 4 is 11.8 Å². The highest BCUT2D eigenvalue weighted by Gasteiger charge is 2.41. The maximum Gasteiger partial charge on any atom is 0.242 e. The SMILES string of the molecule is CC(NC(=O)C1(C#N)CCOCC1)C(=O)NC(C)(C)C. The van der Waals surface area contributed by atoms with Gasteiger partial charge in [0.15, 0.2) is 0 Å². The summed E-state index contributed by atoms with van der Waals surface area (Å²) < 4.78 is 5.18. The van der Waals surface area contributed by atoms with Gasteiger partial charge in [0.2, 0.25) is 11.8 Å². The van der Waals surface area contributed by atoms with Crippen LogP contribution in [-0.2, 0) is 14.3 Å². The van der Waals surface area contributed by atoms with E-state index in [1.807, 2.05) is 20.8 Å². The van der Waals surface area contributed by atoms with E-state index in [1.165, 1.54) is 0 Å². The van der Waals surface area contributed by atoms with Crippen molar-refractivity contribution in [1.82, 2.24) is 10.6 Å². The van der Waals surface area contributed by atoms with Crippen LogP contribution in [0.1, 0.15) is 40.5 Å². The van der Waals surface area contributed by atoms with Crippen molar-refractivity contribution in [2.24, 2.45) is 5.41 Å². The van der Waals surface area contributed by atoms with Crippen molar-refractivity contribution in [2.45, 2.75) is 52.1 Å². The molecule has 1 aliphatic heterocycles. The summed E-state index contributed by atoms with van der Waals surface area (Å²) in [6.07, 6.45) is 0.728. The van der Waals surface area contributed by atoms with Gasteiger partial charge in [0, 0.05) is 18.8 Å². The molecule has 6 nitrogen and oxygen atoms in total. The predicted molar refractivity (Wildman–Crippen MR) is 73.6 cm³/mol. The molecule has 1 atom stereocenters. The summed E-state index contributed by atoms with van der Waals surface area (Å²) >= 11 is 0. The first-order chi connectivity index (χ1) is 9.20. The van der Waals surface area contributed by atoms with Crippen LogP contribution in [0.5, 0.6) is 0 Å². The molecule has 2 N–H and O–H groups in total. The Morgan fingerprint density at radius 3 is 2.30 bits per heavy atom.